The molecule has 0 atom stereocenters. The highest BCUT2D eigenvalue weighted by Crippen LogP contribution is 2.22. The zero-order chi connectivity index (χ0) is 12.0. The maximum Gasteiger partial charge on any atom is 0.252 e. The number of methoxy groups -OCH3 is 1. The lowest BCUT2D eigenvalue weighted by Gasteiger charge is -2.07. The summed E-state index contributed by atoms with van der Waals surface area (Å²) >= 11 is 5.64. The van der Waals surface area contributed by atoms with E-state index in [0.29, 0.717) is 17.9 Å². The monoisotopic (exact) mass is 397 g/mol. The molecule has 3 nitrogen and oxygen atoms in total. The fourth-order valence-corrected chi connectivity index (χ4v) is 1.98. The Balaban J connectivity index is 2.73. The Morgan fingerprint density at radius 1 is 1.56 bits per heavy atom. The summed E-state index contributed by atoms with van der Waals surface area (Å²) in [6.45, 7) is 0.700. The number of halogens is 2. The molecule has 0 unspecified atom stereocenters. The van der Waals surface area contributed by atoms with E-state index >= 15 is 0 Å². The molecule has 1 aromatic rings. The van der Waals surface area contributed by atoms with E-state index in [9.17, 15) is 4.79 Å². The largest absolute Gasteiger partial charge is 0.497 e. The third-order valence-electron chi connectivity index (χ3n) is 2.01. The molecule has 0 aliphatic carbocycles. The van der Waals surface area contributed by atoms with Gasteiger partial charge in [0, 0.05) is 15.4 Å². The van der Waals surface area contributed by atoms with Gasteiger partial charge in [-0.25, -0.2) is 0 Å². The van der Waals surface area contributed by atoms with Crippen molar-refractivity contribution in [2.45, 2.75) is 6.42 Å². The Hall–Kier alpha value is -0.300. The highest BCUT2D eigenvalue weighted by Gasteiger charge is 2.10. The molecule has 0 radical (unpaired) electrons. The van der Waals surface area contributed by atoms with Gasteiger partial charge in [-0.1, -0.05) is 22.6 Å². The normalized spacial score (nSPS) is 9.94. The number of nitrogens with one attached hydrogen (secondary N) is 1. The van der Waals surface area contributed by atoms with Crippen LogP contribution in [0.5, 0.6) is 5.75 Å². The fraction of sp³-hybridized carbons (Fsp3) is 0.364. The van der Waals surface area contributed by atoms with Gasteiger partial charge >= 0.3 is 0 Å². The first-order valence-electron chi connectivity index (χ1n) is 4.86. The maximum atomic E-state index is 11.8. The van der Waals surface area contributed by atoms with Gasteiger partial charge in [0.05, 0.1) is 12.7 Å². The molecule has 0 aliphatic heterocycles. The van der Waals surface area contributed by atoms with E-state index in [1.165, 1.54) is 0 Å². The predicted molar refractivity (Wildman–Crippen MR) is 76.5 cm³/mol. The second-order valence-electron chi connectivity index (χ2n) is 3.14. The molecule has 16 heavy (non-hydrogen) atoms. The van der Waals surface area contributed by atoms with Crippen LogP contribution in [-0.2, 0) is 0 Å². The van der Waals surface area contributed by atoms with E-state index in [1.807, 2.05) is 12.1 Å². The minimum atomic E-state index is -0.0735. The van der Waals surface area contributed by atoms with Gasteiger partial charge in [0.1, 0.15) is 5.75 Å². The smallest absolute Gasteiger partial charge is 0.252 e. The molecule has 0 spiro atoms. The molecule has 1 N–H and O–H groups in total. The summed E-state index contributed by atoms with van der Waals surface area (Å²) in [6, 6.07) is 5.35. The van der Waals surface area contributed by atoms with Crippen LogP contribution in [0.15, 0.2) is 22.7 Å². The van der Waals surface area contributed by atoms with Crippen molar-refractivity contribution < 1.29 is 9.53 Å². The van der Waals surface area contributed by atoms with E-state index in [0.717, 1.165) is 15.3 Å². The Bertz CT molecular complexity index is 371. The first kappa shape index (κ1) is 13.8. The van der Waals surface area contributed by atoms with Gasteiger partial charge in [0.2, 0.25) is 0 Å². The lowest BCUT2D eigenvalue weighted by Crippen LogP contribution is -2.25. The standard InChI is InChI=1S/C11H13BrINO2/c1-16-8-3-4-10(12)9(7-8)11(15)14-6-2-5-13/h3-4,7H,2,5-6H2,1H3,(H,14,15). The minimum absolute atomic E-state index is 0.0735. The Kier molecular flexibility index (Phi) is 6.12. The first-order valence-corrected chi connectivity index (χ1v) is 7.18. The summed E-state index contributed by atoms with van der Waals surface area (Å²) in [4.78, 5) is 11.8. The molecule has 0 fully saturated rings. The first-order chi connectivity index (χ1) is 7.69. The van der Waals surface area contributed by atoms with E-state index in [-0.39, 0.29) is 5.91 Å². The van der Waals surface area contributed by atoms with Crippen LogP contribution in [0.2, 0.25) is 0 Å². The average molecular weight is 398 g/mol. The molecule has 0 aromatic heterocycles. The van der Waals surface area contributed by atoms with Crippen molar-refractivity contribution in [1.82, 2.24) is 5.32 Å². The molecular formula is C11H13BrINO2. The minimum Gasteiger partial charge on any atom is -0.497 e. The summed E-state index contributed by atoms with van der Waals surface area (Å²) in [7, 11) is 1.58. The molecule has 1 amide bonds. The number of carbonyl (C=O) groups is 1. The van der Waals surface area contributed by atoms with Crippen LogP contribution < -0.4 is 10.1 Å². The van der Waals surface area contributed by atoms with Gasteiger partial charge in [-0.3, -0.25) is 4.79 Å². The van der Waals surface area contributed by atoms with E-state index in [1.54, 1.807) is 13.2 Å². The van der Waals surface area contributed by atoms with Crippen LogP contribution in [0.1, 0.15) is 16.8 Å². The number of ether oxygens (including phenoxy) is 1. The van der Waals surface area contributed by atoms with Gasteiger partial charge in [0.15, 0.2) is 0 Å². The summed E-state index contributed by atoms with van der Waals surface area (Å²) in [5.74, 6) is 0.609. The Labute approximate surface area is 117 Å². The molecule has 0 saturated carbocycles. The summed E-state index contributed by atoms with van der Waals surface area (Å²) in [6.07, 6.45) is 0.980. The van der Waals surface area contributed by atoms with Gasteiger partial charge in [0.25, 0.3) is 5.91 Å². The highest BCUT2D eigenvalue weighted by atomic mass is 127. The van der Waals surface area contributed by atoms with E-state index in [2.05, 4.69) is 43.8 Å². The number of alkyl halides is 1. The molecule has 0 saturated heterocycles. The van der Waals surface area contributed by atoms with Crippen molar-refractivity contribution in [1.29, 1.82) is 0 Å². The van der Waals surface area contributed by atoms with Gasteiger partial charge < -0.3 is 10.1 Å². The highest BCUT2D eigenvalue weighted by molar-refractivity contribution is 14.1. The van der Waals surface area contributed by atoms with Crippen molar-refractivity contribution in [3.8, 4) is 5.75 Å². The van der Waals surface area contributed by atoms with Crippen LogP contribution >= 0.6 is 38.5 Å². The van der Waals surface area contributed by atoms with Crippen molar-refractivity contribution in [2.24, 2.45) is 0 Å². The van der Waals surface area contributed by atoms with Crippen LogP contribution in [0.3, 0.4) is 0 Å². The Morgan fingerprint density at radius 2 is 2.31 bits per heavy atom. The topological polar surface area (TPSA) is 38.3 Å². The second kappa shape index (κ2) is 7.11. The molecule has 0 bridgehead atoms. The molecule has 0 aliphatic rings. The quantitative estimate of drug-likeness (QED) is 0.471. The van der Waals surface area contributed by atoms with Gasteiger partial charge in [-0.05, 0) is 40.5 Å². The molecular weight excluding hydrogens is 385 g/mol. The second-order valence-corrected chi connectivity index (χ2v) is 5.08. The average Bonchev–Trinajstić information content (AvgIpc) is 2.30. The molecule has 1 aromatic carbocycles. The van der Waals surface area contributed by atoms with E-state index in [4.69, 9.17) is 4.74 Å². The van der Waals surface area contributed by atoms with Crippen molar-refractivity contribution in [2.75, 3.05) is 18.1 Å². The van der Waals surface area contributed by atoms with Crippen LogP contribution in [0.25, 0.3) is 0 Å². The lowest BCUT2D eigenvalue weighted by molar-refractivity contribution is 0.0952. The van der Waals surface area contributed by atoms with Crippen molar-refractivity contribution in [3.63, 3.8) is 0 Å². The molecule has 0 heterocycles. The number of benzene rings is 1. The lowest BCUT2D eigenvalue weighted by atomic mass is 10.2. The summed E-state index contributed by atoms with van der Waals surface area (Å²) < 4.78 is 6.90. The number of amides is 1. The predicted octanol–water partition coefficient (Wildman–Crippen LogP) is 3.01. The number of rotatable bonds is 5. The SMILES string of the molecule is COc1ccc(Br)c(C(=O)NCCCI)c1. The number of hydrogen-bond acceptors (Lipinski definition) is 2. The third kappa shape index (κ3) is 3.93. The van der Waals surface area contributed by atoms with Gasteiger partial charge in [-0.2, -0.15) is 0 Å². The Morgan fingerprint density at radius 3 is 2.94 bits per heavy atom. The third-order valence-corrected chi connectivity index (χ3v) is 3.47. The zero-order valence-corrected chi connectivity index (χ0v) is 12.7. The summed E-state index contributed by atoms with van der Waals surface area (Å²) in [5.41, 5.74) is 0.604. The van der Waals surface area contributed by atoms with Crippen molar-refractivity contribution >= 4 is 44.4 Å². The summed E-state index contributed by atoms with van der Waals surface area (Å²) in [5, 5.41) is 2.86. The van der Waals surface area contributed by atoms with Gasteiger partial charge in [-0.15, -0.1) is 0 Å². The molecule has 5 heteroatoms. The van der Waals surface area contributed by atoms with Crippen LogP contribution in [0, 0.1) is 0 Å². The van der Waals surface area contributed by atoms with Crippen LogP contribution in [0.4, 0.5) is 0 Å². The number of hydrogen-bond donors (Lipinski definition) is 1. The van der Waals surface area contributed by atoms with E-state index < -0.39 is 0 Å². The van der Waals surface area contributed by atoms with Crippen LogP contribution in [-0.4, -0.2) is 24.0 Å². The van der Waals surface area contributed by atoms with Crippen molar-refractivity contribution in [3.05, 3.63) is 28.2 Å². The fourth-order valence-electron chi connectivity index (χ4n) is 1.17. The molecule has 88 valence electrons. The number of carbonyl (C=O) groups excluding carboxylic acids is 1. The zero-order valence-electron chi connectivity index (χ0n) is 8.93. The molecule has 1 rings (SSSR count). The maximum absolute atomic E-state index is 11.8.